The van der Waals surface area contributed by atoms with Crippen molar-refractivity contribution >= 4 is 11.7 Å². The zero-order valence-corrected chi connectivity index (χ0v) is 12.2. The normalized spacial score (nSPS) is 21.8. The van der Waals surface area contributed by atoms with Crippen LogP contribution in [0.25, 0.3) is 0 Å². The van der Waals surface area contributed by atoms with Crippen molar-refractivity contribution < 1.29 is 14.0 Å². The Kier molecular flexibility index (Phi) is 5.44. The number of benzene rings is 1. The summed E-state index contributed by atoms with van der Waals surface area (Å²) in [6, 6.07) is 5.59. The summed E-state index contributed by atoms with van der Waals surface area (Å²) >= 11 is 0. The summed E-state index contributed by atoms with van der Waals surface area (Å²) in [6.07, 6.45) is 1.24. The maximum Gasteiger partial charge on any atom is 0.220 e. The Morgan fingerprint density at radius 1 is 1.29 bits per heavy atom. The lowest BCUT2D eigenvalue weighted by Gasteiger charge is -2.30. The molecule has 1 amide bonds. The topological polar surface area (TPSA) is 58.2 Å². The van der Waals surface area contributed by atoms with Gasteiger partial charge in [-0.2, -0.15) is 0 Å². The number of carbonyl (C=O) groups is 2. The van der Waals surface area contributed by atoms with Crippen molar-refractivity contribution in [1.82, 2.24) is 10.6 Å². The molecule has 1 fully saturated rings. The van der Waals surface area contributed by atoms with Crippen LogP contribution in [0.15, 0.2) is 24.3 Å². The van der Waals surface area contributed by atoms with Gasteiger partial charge in [0, 0.05) is 24.4 Å². The highest BCUT2D eigenvalue weighted by Crippen LogP contribution is 2.11. The molecule has 2 atom stereocenters. The number of carbonyl (C=O) groups excluding carboxylic acids is 2. The second-order valence-electron chi connectivity index (χ2n) is 5.57. The highest BCUT2D eigenvalue weighted by atomic mass is 19.1. The molecule has 2 rings (SSSR count). The van der Waals surface area contributed by atoms with Crippen molar-refractivity contribution in [2.75, 3.05) is 13.1 Å². The van der Waals surface area contributed by atoms with Crippen LogP contribution in [0.4, 0.5) is 4.39 Å². The highest BCUT2D eigenvalue weighted by molar-refractivity contribution is 5.97. The minimum absolute atomic E-state index is 0.0933. The second-order valence-corrected chi connectivity index (χ2v) is 5.57. The van der Waals surface area contributed by atoms with E-state index in [4.69, 9.17) is 0 Å². The molecular formula is C16H21FN2O2. The van der Waals surface area contributed by atoms with Crippen LogP contribution in [0.5, 0.6) is 0 Å². The first-order chi connectivity index (χ1) is 10.1. The molecule has 1 aliphatic heterocycles. The van der Waals surface area contributed by atoms with Gasteiger partial charge in [0.15, 0.2) is 5.78 Å². The number of ketones is 1. The minimum atomic E-state index is -0.371. The first kappa shape index (κ1) is 15.6. The number of amides is 1. The molecule has 0 aliphatic carbocycles. The van der Waals surface area contributed by atoms with Gasteiger partial charge in [-0.15, -0.1) is 0 Å². The van der Waals surface area contributed by atoms with Crippen molar-refractivity contribution in [3.8, 4) is 0 Å². The molecule has 0 radical (unpaired) electrons. The Bertz CT molecular complexity index is 502. The van der Waals surface area contributed by atoms with E-state index in [2.05, 4.69) is 17.6 Å². The lowest BCUT2D eigenvalue weighted by atomic mass is 9.95. The van der Waals surface area contributed by atoms with Crippen LogP contribution in [-0.2, 0) is 4.79 Å². The van der Waals surface area contributed by atoms with E-state index in [-0.39, 0.29) is 36.4 Å². The van der Waals surface area contributed by atoms with Gasteiger partial charge in [0.1, 0.15) is 5.82 Å². The minimum Gasteiger partial charge on any atom is -0.353 e. The van der Waals surface area contributed by atoms with Crippen molar-refractivity contribution in [2.24, 2.45) is 5.92 Å². The monoisotopic (exact) mass is 292 g/mol. The van der Waals surface area contributed by atoms with Gasteiger partial charge in [0.2, 0.25) is 5.91 Å². The Morgan fingerprint density at radius 2 is 2.00 bits per heavy atom. The highest BCUT2D eigenvalue weighted by Gasteiger charge is 2.22. The van der Waals surface area contributed by atoms with Gasteiger partial charge >= 0.3 is 0 Å². The van der Waals surface area contributed by atoms with E-state index in [0.29, 0.717) is 11.5 Å². The lowest BCUT2D eigenvalue weighted by molar-refractivity contribution is -0.122. The molecule has 1 aliphatic rings. The molecule has 4 nitrogen and oxygen atoms in total. The van der Waals surface area contributed by atoms with Crippen molar-refractivity contribution in [3.63, 3.8) is 0 Å². The summed E-state index contributed by atoms with van der Waals surface area (Å²) in [7, 11) is 0. The molecule has 1 aromatic rings. The Balaban J connectivity index is 1.78. The van der Waals surface area contributed by atoms with E-state index in [1.165, 1.54) is 24.3 Å². The van der Waals surface area contributed by atoms with Gasteiger partial charge in [-0.1, -0.05) is 6.92 Å². The van der Waals surface area contributed by atoms with Crippen LogP contribution in [0, 0.1) is 11.7 Å². The summed E-state index contributed by atoms with van der Waals surface area (Å²) in [5.41, 5.74) is 0.444. The number of nitrogens with one attached hydrogen (secondary N) is 2. The van der Waals surface area contributed by atoms with E-state index < -0.39 is 0 Å². The van der Waals surface area contributed by atoms with Crippen LogP contribution in [-0.4, -0.2) is 30.8 Å². The second kappa shape index (κ2) is 7.31. The van der Waals surface area contributed by atoms with Crippen LogP contribution in [0.3, 0.4) is 0 Å². The molecule has 0 aromatic heterocycles. The molecule has 1 aromatic carbocycles. The largest absolute Gasteiger partial charge is 0.353 e. The molecule has 5 heteroatoms. The average molecular weight is 292 g/mol. The fourth-order valence-electron chi connectivity index (χ4n) is 2.51. The molecule has 1 saturated heterocycles. The van der Waals surface area contributed by atoms with E-state index in [1.54, 1.807) is 0 Å². The molecule has 0 spiro atoms. The maximum absolute atomic E-state index is 12.8. The number of hydrogen-bond acceptors (Lipinski definition) is 3. The van der Waals surface area contributed by atoms with Gasteiger partial charge in [-0.25, -0.2) is 4.39 Å². The fraction of sp³-hybridized carbons (Fsp3) is 0.500. The molecular weight excluding hydrogens is 271 g/mol. The van der Waals surface area contributed by atoms with Crippen LogP contribution >= 0.6 is 0 Å². The van der Waals surface area contributed by atoms with Crippen LogP contribution in [0.2, 0.25) is 0 Å². The number of Topliss-reactive ketones (excluding diaryl/α,β-unsaturated/α-hetero) is 1. The van der Waals surface area contributed by atoms with Crippen molar-refractivity contribution in [3.05, 3.63) is 35.6 Å². The third-order valence-electron chi connectivity index (χ3n) is 3.88. The lowest BCUT2D eigenvalue weighted by Crippen LogP contribution is -2.48. The van der Waals surface area contributed by atoms with Crippen LogP contribution in [0.1, 0.15) is 36.5 Å². The fourth-order valence-corrected chi connectivity index (χ4v) is 2.51. The van der Waals surface area contributed by atoms with E-state index in [0.717, 1.165) is 19.5 Å². The van der Waals surface area contributed by atoms with Crippen molar-refractivity contribution in [2.45, 2.75) is 32.2 Å². The number of piperidine rings is 1. The SMILES string of the molecule is CC1CNCCC1NC(=O)CCC(=O)c1ccc(F)cc1. The van der Waals surface area contributed by atoms with Gasteiger partial charge in [-0.05, 0) is 49.7 Å². The molecule has 1 heterocycles. The molecule has 0 saturated carbocycles. The smallest absolute Gasteiger partial charge is 0.220 e. The predicted octanol–water partition coefficient (Wildman–Crippen LogP) is 1.90. The first-order valence-corrected chi connectivity index (χ1v) is 7.35. The molecule has 21 heavy (non-hydrogen) atoms. The Morgan fingerprint density at radius 3 is 2.67 bits per heavy atom. The summed E-state index contributed by atoms with van der Waals surface area (Å²) in [5, 5.41) is 6.27. The number of rotatable bonds is 5. The first-order valence-electron chi connectivity index (χ1n) is 7.35. The number of halogens is 1. The van der Waals surface area contributed by atoms with Gasteiger partial charge in [-0.3, -0.25) is 9.59 Å². The van der Waals surface area contributed by atoms with E-state index in [1.807, 2.05) is 0 Å². The quantitative estimate of drug-likeness (QED) is 0.815. The zero-order chi connectivity index (χ0) is 15.2. The van der Waals surface area contributed by atoms with E-state index in [9.17, 15) is 14.0 Å². The Labute approximate surface area is 124 Å². The molecule has 2 N–H and O–H groups in total. The summed E-state index contributed by atoms with van der Waals surface area (Å²) < 4.78 is 12.8. The molecule has 0 bridgehead atoms. The van der Waals surface area contributed by atoms with Crippen LogP contribution < -0.4 is 10.6 Å². The van der Waals surface area contributed by atoms with E-state index >= 15 is 0 Å². The Hall–Kier alpha value is -1.75. The predicted molar refractivity (Wildman–Crippen MR) is 78.5 cm³/mol. The third kappa shape index (κ3) is 4.63. The maximum atomic E-state index is 12.8. The number of hydrogen-bond donors (Lipinski definition) is 2. The standard InChI is InChI=1S/C16H21FN2O2/c1-11-10-18-9-8-14(11)19-16(21)7-6-15(20)12-2-4-13(17)5-3-12/h2-5,11,14,18H,6-10H2,1H3,(H,19,21). The third-order valence-corrected chi connectivity index (χ3v) is 3.88. The average Bonchev–Trinajstić information content (AvgIpc) is 2.48. The zero-order valence-electron chi connectivity index (χ0n) is 12.2. The molecule has 2 unspecified atom stereocenters. The summed E-state index contributed by atoms with van der Waals surface area (Å²) in [5.74, 6) is -0.201. The summed E-state index contributed by atoms with van der Waals surface area (Å²) in [6.45, 7) is 3.91. The van der Waals surface area contributed by atoms with Gasteiger partial charge in [0.05, 0.1) is 0 Å². The summed E-state index contributed by atoms with van der Waals surface area (Å²) in [4.78, 5) is 23.8. The molecule has 114 valence electrons. The van der Waals surface area contributed by atoms with Gasteiger partial charge < -0.3 is 10.6 Å². The van der Waals surface area contributed by atoms with Gasteiger partial charge in [0.25, 0.3) is 0 Å². The van der Waals surface area contributed by atoms with Crippen molar-refractivity contribution in [1.29, 1.82) is 0 Å².